The summed E-state index contributed by atoms with van der Waals surface area (Å²) >= 11 is 0. The van der Waals surface area contributed by atoms with Crippen LogP contribution in [-0.4, -0.2) is 208 Å². The van der Waals surface area contributed by atoms with Gasteiger partial charge in [0.25, 0.3) is 10.1 Å². The van der Waals surface area contributed by atoms with Crippen molar-refractivity contribution in [1.29, 1.82) is 0 Å². The molecule has 6 N–H and O–H groups in total. The van der Waals surface area contributed by atoms with E-state index in [0.29, 0.717) is 63.3 Å². The minimum atomic E-state index is -4.41. The van der Waals surface area contributed by atoms with Gasteiger partial charge >= 0.3 is 0 Å². The van der Waals surface area contributed by atoms with E-state index >= 15 is 0 Å². The van der Waals surface area contributed by atoms with Crippen LogP contribution in [0.2, 0.25) is 0 Å². The third kappa shape index (κ3) is 22.7. The molecule has 18 heteroatoms. The van der Waals surface area contributed by atoms with Crippen molar-refractivity contribution in [3.8, 4) is 0 Å². The lowest BCUT2D eigenvalue weighted by molar-refractivity contribution is -0.0717. The standard InChI is InChI=1S/C54H104N2O15S/c1-9-56(39(2)32-67-40(3)33-66-27-26-65-8)30-47(60)36-70-51-22-14-43(15-23-51)53(4,5)41-10-18-49(19-11-41)68-34-45(58)28-55(38-72(62,63)64)29-46(59)35-69-50-20-12-42(13-21-50)54(6,7)44-16-24-52(25-17-44)71-37-48(61)31-57/h39-52,57-61H,9-38H2,1-8H3,(H,62,63,64). The molecule has 4 rings (SSSR count). The maximum Gasteiger partial charge on any atom is 0.278 e. The first kappa shape index (κ1) is 63.9. The summed E-state index contributed by atoms with van der Waals surface area (Å²) in [6.07, 6.45) is 12.8. The summed E-state index contributed by atoms with van der Waals surface area (Å²) in [6.45, 7) is 19.5. The van der Waals surface area contributed by atoms with Crippen molar-refractivity contribution < 1.29 is 71.7 Å². The van der Waals surface area contributed by atoms with Gasteiger partial charge in [-0.2, -0.15) is 8.42 Å². The molecule has 4 aliphatic carbocycles. The SMILES string of the molecule is CCN(CC(O)COC1CCC(C(C)(C)C2CCC(OCC(O)CN(CC(O)COC3CCC(C(C)(C)C4CCC(OCC(O)CO)CC4)CC3)CS(=O)(=O)O)CC2)CC1)C(C)COC(C)COCCOC. The van der Waals surface area contributed by atoms with Crippen molar-refractivity contribution in [3.63, 3.8) is 0 Å². The third-order valence-corrected chi connectivity index (χ3v) is 18.1. The Kier molecular flexibility index (Phi) is 28.7. The Morgan fingerprint density at radius 3 is 1.24 bits per heavy atom. The zero-order chi connectivity index (χ0) is 52.9. The van der Waals surface area contributed by atoms with Crippen LogP contribution in [0.3, 0.4) is 0 Å². The summed E-state index contributed by atoms with van der Waals surface area (Å²) < 4.78 is 74.8. The molecule has 4 fully saturated rings. The van der Waals surface area contributed by atoms with Crippen LogP contribution in [0.1, 0.15) is 151 Å². The van der Waals surface area contributed by atoms with E-state index in [1.807, 2.05) is 6.92 Å². The number of hydrogen-bond donors (Lipinski definition) is 6. The maximum atomic E-state index is 12.0. The lowest BCUT2D eigenvalue weighted by atomic mass is 9.60. The second-order valence-corrected chi connectivity index (χ2v) is 25.0. The lowest BCUT2D eigenvalue weighted by Gasteiger charge is -2.46. The van der Waals surface area contributed by atoms with Crippen LogP contribution >= 0.6 is 0 Å². The molecule has 0 aromatic carbocycles. The Morgan fingerprint density at radius 2 is 0.903 bits per heavy atom. The number of aliphatic hydroxyl groups is 5. The van der Waals surface area contributed by atoms with E-state index in [4.69, 9.17) is 38.3 Å². The molecule has 4 saturated carbocycles. The molecule has 0 radical (unpaired) electrons. The fourth-order valence-electron chi connectivity index (χ4n) is 12.5. The summed E-state index contributed by atoms with van der Waals surface area (Å²) in [6, 6.07) is 0.152. The van der Waals surface area contributed by atoms with E-state index in [1.54, 1.807) is 7.11 Å². The maximum absolute atomic E-state index is 12.0. The Morgan fingerprint density at radius 1 is 0.542 bits per heavy atom. The van der Waals surface area contributed by atoms with Crippen molar-refractivity contribution in [2.45, 2.75) is 212 Å². The minimum Gasteiger partial charge on any atom is -0.394 e. The second-order valence-electron chi connectivity index (χ2n) is 23.6. The molecule has 72 heavy (non-hydrogen) atoms. The molecule has 0 spiro atoms. The van der Waals surface area contributed by atoms with Gasteiger partial charge in [-0.25, -0.2) is 0 Å². The highest BCUT2D eigenvalue weighted by Crippen LogP contribution is 2.50. The molecule has 426 valence electrons. The van der Waals surface area contributed by atoms with E-state index in [0.717, 1.165) is 109 Å². The van der Waals surface area contributed by atoms with Crippen LogP contribution in [0.5, 0.6) is 0 Å². The average Bonchev–Trinajstić information content (AvgIpc) is 3.35. The molecule has 0 saturated heterocycles. The number of hydrogen-bond acceptors (Lipinski definition) is 16. The normalized spacial score (nSPS) is 28.7. The van der Waals surface area contributed by atoms with Crippen LogP contribution < -0.4 is 0 Å². The zero-order valence-corrected chi connectivity index (χ0v) is 46.8. The fraction of sp³-hybridized carbons (Fsp3) is 1.00. The van der Waals surface area contributed by atoms with Gasteiger partial charge in [-0.05, 0) is 158 Å². The Bertz CT molecular complexity index is 1530. The number of methoxy groups -OCH3 is 1. The molecular weight excluding hydrogens is 949 g/mol. The van der Waals surface area contributed by atoms with Gasteiger partial charge in [0, 0.05) is 32.8 Å². The van der Waals surface area contributed by atoms with Crippen molar-refractivity contribution in [2.75, 3.05) is 98.6 Å². The first-order valence-corrected chi connectivity index (χ1v) is 29.6. The summed E-state index contributed by atoms with van der Waals surface area (Å²) in [5.74, 6) is 1.57. The van der Waals surface area contributed by atoms with E-state index in [-0.39, 0.29) is 86.9 Å². The molecule has 6 atom stereocenters. The van der Waals surface area contributed by atoms with E-state index < -0.39 is 40.4 Å². The van der Waals surface area contributed by atoms with Crippen molar-refractivity contribution in [3.05, 3.63) is 0 Å². The second kappa shape index (κ2) is 32.3. The highest BCUT2D eigenvalue weighted by Gasteiger charge is 2.43. The van der Waals surface area contributed by atoms with Gasteiger partial charge in [0.2, 0.25) is 0 Å². The minimum absolute atomic E-state index is 0.00113. The van der Waals surface area contributed by atoms with Crippen LogP contribution in [0.15, 0.2) is 0 Å². The van der Waals surface area contributed by atoms with E-state index in [2.05, 4.69) is 46.4 Å². The van der Waals surface area contributed by atoms with Gasteiger partial charge in [-0.15, -0.1) is 0 Å². The zero-order valence-electron chi connectivity index (χ0n) is 46.0. The Hall–Kier alpha value is -0.650. The van der Waals surface area contributed by atoms with Crippen LogP contribution in [0, 0.1) is 34.5 Å². The molecule has 0 aromatic rings. The van der Waals surface area contributed by atoms with Gasteiger partial charge in [0.15, 0.2) is 0 Å². The highest BCUT2D eigenvalue weighted by molar-refractivity contribution is 7.85. The summed E-state index contributed by atoms with van der Waals surface area (Å²) in [4.78, 5) is 3.59. The smallest absolute Gasteiger partial charge is 0.278 e. The monoisotopic (exact) mass is 1050 g/mol. The van der Waals surface area contributed by atoms with Gasteiger partial charge in [-0.1, -0.05) is 34.6 Å². The van der Waals surface area contributed by atoms with Crippen molar-refractivity contribution in [2.24, 2.45) is 34.5 Å². The number of rotatable bonds is 35. The topological polar surface area (TPSA) is 227 Å². The predicted molar refractivity (Wildman–Crippen MR) is 278 cm³/mol. The van der Waals surface area contributed by atoms with Gasteiger partial charge in [-0.3, -0.25) is 14.4 Å². The molecule has 0 amide bonds. The fourth-order valence-corrected chi connectivity index (χ4v) is 13.2. The molecule has 0 aliphatic heterocycles. The van der Waals surface area contributed by atoms with Gasteiger partial charge < -0.3 is 58.7 Å². The van der Waals surface area contributed by atoms with Crippen LogP contribution in [-0.2, 0) is 43.3 Å². The summed E-state index contributed by atoms with van der Waals surface area (Å²) in [5, 5.41) is 51.7. The molecule has 17 nitrogen and oxygen atoms in total. The number of aliphatic hydroxyl groups excluding tert-OH is 5. The number of nitrogens with zero attached hydrogens (tertiary/aromatic N) is 2. The Labute approximate surface area is 435 Å². The third-order valence-electron chi connectivity index (χ3n) is 17.4. The largest absolute Gasteiger partial charge is 0.394 e. The summed E-state index contributed by atoms with van der Waals surface area (Å²) in [5.41, 5.74) is 0.322. The first-order chi connectivity index (χ1) is 34.1. The molecule has 0 aromatic heterocycles. The van der Waals surface area contributed by atoms with Crippen LogP contribution in [0.4, 0.5) is 0 Å². The molecular formula is C54H104N2O15S. The van der Waals surface area contributed by atoms with Crippen LogP contribution in [0.25, 0.3) is 0 Å². The van der Waals surface area contributed by atoms with Gasteiger partial charge in [0.05, 0.1) is 108 Å². The summed E-state index contributed by atoms with van der Waals surface area (Å²) in [7, 11) is -2.76. The average molecular weight is 1050 g/mol. The Balaban J connectivity index is 1.09. The molecule has 0 bridgehead atoms. The highest BCUT2D eigenvalue weighted by atomic mass is 32.2. The first-order valence-electron chi connectivity index (χ1n) is 28.0. The number of ether oxygens (including phenoxy) is 7. The van der Waals surface area contributed by atoms with Crippen molar-refractivity contribution in [1.82, 2.24) is 9.80 Å². The predicted octanol–water partition coefficient (Wildman–Crippen LogP) is 5.70. The number of likely N-dealkylation sites (N-methyl/N-ethyl adjacent to an activating group) is 1. The lowest BCUT2D eigenvalue weighted by Crippen LogP contribution is -2.44. The molecule has 6 unspecified atom stereocenters. The van der Waals surface area contributed by atoms with Crippen molar-refractivity contribution >= 4 is 10.1 Å². The van der Waals surface area contributed by atoms with E-state index in [9.17, 15) is 33.4 Å². The van der Waals surface area contributed by atoms with Gasteiger partial charge in [0.1, 0.15) is 12.0 Å². The molecule has 0 heterocycles. The quantitative estimate of drug-likeness (QED) is 0.0331. The van der Waals surface area contributed by atoms with E-state index in [1.165, 1.54) is 4.90 Å². The molecule has 4 aliphatic rings.